The van der Waals surface area contributed by atoms with E-state index in [2.05, 4.69) is 29.4 Å². The molecule has 0 saturated carbocycles. The van der Waals surface area contributed by atoms with Crippen molar-refractivity contribution in [1.82, 2.24) is 20.4 Å². The zero-order chi connectivity index (χ0) is 12.7. The van der Waals surface area contributed by atoms with Crippen molar-refractivity contribution < 1.29 is 4.79 Å². The fourth-order valence-corrected chi connectivity index (χ4v) is 2.92. The maximum Gasteiger partial charge on any atom is 0.274 e. The zero-order valence-corrected chi connectivity index (χ0v) is 12.2. The smallest absolute Gasteiger partial charge is 0.274 e. The molecule has 0 aliphatic carbocycles. The molecule has 1 aromatic heterocycles. The van der Waals surface area contributed by atoms with Crippen LogP contribution in [0.2, 0.25) is 0 Å². The number of aromatic amines is 1. The molecular weight excluding hydrogens is 264 g/mol. The van der Waals surface area contributed by atoms with E-state index in [1.165, 1.54) is 0 Å². The highest BCUT2D eigenvalue weighted by Crippen LogP contribution is 2.26. The average Bonchev–Trinajstić information content (AvgIpc) is 2.94. The topological polar surface area (TPSA) is 61.0 Å². The van der Waals surface area contributed by atoms with Crippen LogP contribution in [0.3, 0.4) is 0 Å². The van der Waals surface area contributed by atoms with Crippen molar-refractivity contribution in [2.24, 2.45) is 5.92 Å². The highest BCUT2D eigenvalue weighted by Gasteiger charge is 2.34. The number of fused-ring (bicyclic) bond motifs is 1. The van der Waals surface area contributed by atoms with Gasteiger partial charge in [-0.15, -0.1) is 12.4 Å². The predicted octanol–water partition coefficient (Wildman–Crippen LogP) is 1.35. The number of likely N-dealkylation sites (tertiary alicyclic amines) is 1. The lowest BCUT2D eigenvalue weighted by Gasteiger charge is -2.23. The third-order valence-electron chi connectivity index (χ3n) is 4.41. The molecule has 1 aromatic rings. The summed E-state index contributed by atoms with van der Waals surface area (Å²) in [6.45, 7) is 6.91. The predicted molar refractivity (Wildman–Crippen MR) is 75.5 cm³/mol. The van der Waals surface area contributed by atoms with Gasteiger partial charge in [-0.05, 0) is 19.3 Å². The number of amides is 1. The molecule has 0 bridgehead atoms. The van der Waals surface area contributed by atoms with Gasteiger partial charge in [0.25, 0.3) is 5.91 Å². The van der Waals surface area contributed by atoms with Crippen LogP contribution < -0.4 is 5.32 Å². The number of nitrogens with zero attached hydrogens (tertiary/aromatic N) is 2. The second-order valence-electron chi connectivity index (χ2n) is 5.46. The molecule has 0 radical (unpaired) electrons. The second kappa shape index (κ2) is 5.51. The van der Waals surface area contributed by atoms with Crippen LogP contribution in [0.25, 0.3) is 0 Å². The van der Waals surface area contributed by atoms with Crippen LogP contribution in [0.4, 0.5) is 0 Å². The molecule has 5 nitrogen and oxygen atoms in total. The van der Waals surface area contributed by atoms with Crippen molar-refractivity contribution in [3.8, 4) is 0 Å². The number of hydrogen-bond donors (Lipinski definition) is 2. The Morgan fingerprint density at radius 3 is 2.89 bits per heavy atom. The molecule has 0 spiro atoms. The summed E-state index contributed by atoms with van der Waals surface area (Å²) < 4.78 is 0. The van der Waals surface area contributed by atoms with Gasteiger partial charge in [-0.3, -0.25) is 9.89 Å². The van der Waals surface area contributed by atoms with Crippen molar-refractivity contribution in [2.45, 2.75) is 39.3 Å². The van der Waals surface area contributed by atoms with E-state index in [-0.39, 0.29) is 18.3 Å². The molecule has 1 amide bonds. The molecule has 19 heavy (non-hydrogen) atoms. The van der Waals surface area contributed by atoms with Gasteiger partial charge in [0, 0.05) is 43.4 Å². The summed E-state index contributed by atoms with van der Waals surface area (Å²) in [6.07, 6.45) is 2.03. The summed E-state index contributed by atoms with van der Waals surface area (Å²) in [5.74, 6) is 0.676. The SMILES string of the molecule is CC1CCN(C(=O)c2n[nH]c3c2CNCC3)C1C.Cl. The number of rotatable bonds is 1. The maximum atomic E-state index is 12.6. The van der Waals surface area contributed by atoms with Crippen LogP contribution >= 0.6 is 12.4 Å². The molecule has 6 heteroatoms. The van der Waals surface area contributed by atoms with E-state index < -0.39 is 0 Å². The summed E-state index contributed by atoms with van der Waals surface area (Å²) in [5, 5.41) is 10.6. The van der Waals surface area contributed by atoms with Gasteiger partial charge in [0.15, 0.2) is 5.69 Å². The van der Waals surface area contributed by atoms with E-state index >= 15 is 0 Å². The Hall–Kier alpha value is -1.07. The molecule has 2 aliphatic heterocycles. The second-order valence-corrected chi connectivity index (χ2v) is 5.46. The van der Waals surface area contributed by atoms with E-state index in [1.54, 1.807) is 0 Å². The van der Waals surface area contributed by atoms with Crippen molar-refractivity contribution in [1.29, 1.82) is 0 Å². The van der Waals surface area contributed by atoms with Crippen molar-refractivity contribution in [2.75, 3.05) is 13.1 Å². The van der Waals surface area contributed by atoms with E-state index in [0.717, 1.165) is 43.7 Å². The van der Waals surface area contributed by atoms with Crippen LogP contribution in [0.1, 0.15) is 42.0 Å². The van der Waals surface area contributed by atoms with E-state index in [1.807, 2.05) is 4.90 Å². The summed E-state index contributed by atoms with van der Waals surface area (Å²) in [7, 11) is 0. The number of carbonyl (C=O) groups excluding carboxylic acids is 1. The molecule has 106 valence electrons. The first-order valence-corrected chi connectivity index (χ1v) is 6.76. The minimum atomic E-state index is 0. The van der Waals surface area contributed by atoms with Crippen molar-refractivity contribution in [3.05, 3.63) is 17.0 Å². The fourth-order valence-electron chi connectivity index (χ4n) is 2.92. The van der Waals surface area contributed by atoms with Crippen LogP contribution in [-0.4, -0.2) is 40.1 Å². The van der Waals surface area contributed by atoms with Gasteiger partial charge in [0.2, 0.25) is 0 Å². The van der Waals surface area contributed by atoms with Gasteiger partial charge < -0.3 is 10.2 Å². The van der Waals surface area contributed by atoms with Gasteiger partial charge in [0.1, 0.15) is 0 Å². The number of halogens is 1. The minimum Gasteiger partial charge on any atom is -0.334 e. The summed E-state index contributed by atoms with van der Waals surface area (Å²) >= 11 is 0. The van der Waals surface area contributed by atoms with Crippen LogP contribution in [-0.2, 0) is 13.0 Å². The third-order valence-corrected chi connectivity index (χ3v) is 4.41. The number of carbonyl (C=O) groups is 1. The molecule has 1 fully saturated rings. The van der Waals surface area contributed by atoms with Crippen LogP contribution in [0, 0.1) is 5.92 Å². The molecule has 2 unspecified atom stereocenters. The zero-order valence-electron chi connectivity index (χ0n) is 11.4. The van der Waals surface area contributed by atoms with Crippen molar-refractivity contribution >= 4 is 18.3 Å². The number of aromatic nitrogens is 2. The maximum absolute atomic E-state index is 12.6. The summed E-state index contributed by atoms with van der Waals surface area (Å²) in [6, 6.07) is 0.321. The normalized spacial score (nSPS) is 25.9. The first kappa shape index (κ1) is 14.3. The van der Waals surface area contributed by atoms with Crippen LogP contribution in [0.5, 0.6) is 0 Å². The number of hydrogen-bond acceptors (Lipinski definition) is 3. The lowest BCUT2D eigenvalue weighted by atomic mass is 10.0. The number of nitrogens with one attached hydrogen (secondary N) is 2. The first-order valence-electron chi connectivity index (χ1n) is 6.76. The molecule has 2 aliphatic rings. The lowest BCUT2D eigenvalue weighted by molar-refractivity contribution is 0.0727. The van der Waals surface area contributed by atoms with E-state index in [0.29, 0.717) is 17.7 Å². The quantitative estimate of drug-likeness (QED) is 0.818. The number of H-pyrrole nitrogens is 1. The highest BCUT2D eigenvalue weighted by molar-refractivity contribution is 5.94. The minimum absolute atomic E-state index is 0. The fraction of sp³-hybridized carbons (Fsp3) is 0.692. The third kappa shape index (κ3) is 2.37. The van der Waals surface area contributed by atoms with Gasteiger partial charge in [-0.2, -0.15) is 5.10 Å². The lowest BCUT2D eigenvalue weighted by Crippen LogP contribution is -2.36. The van der Waals surface area contributed by atoms with Gasteiger partial charge in [-0.1, -0.05) is 6.92 Å². The summed E-state index contributed by atoms with van der Waals surface area (Å²) in [5.41, 5.74) is 2.81. The molecule has 2 atom stereocenters. The summed E-state index contributed by atoms with van der Waals surface area (Å²) in [4.78, 5) is 14.5. The Kier molecular flexibility index (Phi) is 4.16. The highest BCUT2D eigenvalue weighted by atomic mass is 35.5. The molecular formula is C13H21ClN4O. The average molecular weight is 285 g/mol. The van der Waals surface area contributed by atoms with Crippen molar-refractivity contribution in [3.63, 3.8) is 0 Å². The Morgan fingerprint density at radius 1 is 1.42 bits per heavy atom. The molecule has 1 saturated heterocycles. The molecule has 3 rings (SSSR count). The van der Waals surface area contributed by atoms with Gasteiger partial charge in [0.05, 0.1) is 0 Å². The van der Waals surface area contributed by atoms with E-state index in [9.17, 15) is 4.79 Å². The largest absolute Gasteiger partial charge is 0.334 e. The Balaban J connectivity index is 0.00000133. The monoisotopic (exact) mass is 284 g/mol. The van der Waals surface area contributed by atoms with E-state index in [4.69, 9.17) is 0 Å². The standard InChI is InChI=1S/C13H20N4O.ClH/c1-8-4-6-17(9(8)2)13(18)12-10-7-14-5-3-11(10)15-16-12;/h8-9,14H,3-7H2,1-2H3,(H,15,16);1H. The molecule has 3 heterocycles. The van der Waals surface area contributed by atoms with Crippen LogP contribution in [0.15, 0.2) is 0 Å². The van der Waals surface area contributed by atoms with Gasteiger partial charge in [-0.25, -0.2) is 0 Å². The van der Waals surface area contributed by atoms with Gasteiger partial charge >= 0.3 is 0 Å². The Bertz CT molecular complexity index is 473. The first-order chi connectivity index (χ1) is 8.68. The Morgan fingerprint density at radius 2 is 2.21 bits per heavy atom. The molecule has 0 aromatic carbocycles. The Labute approximate surface area is 119 Å². The molecule has 2 N–H and O–H groups in total.